The van der Waals surface area contributed by atoms with Crippen molar-refractivity contribution in [1.29, 1.82) is 0 Å². The molecule has 0 saturated carbocycles. The van der Waals surface area contributed by atoms with E-state index in [1.54, 1.807) is 18.2 Å². The molecule has 23 heavy (non-hydrogen) atoms. The average molecular weight is 335 g/mol. The lowest BCUT2D eigenvalue weighted by molar-refractivity contribution is -0.645. The molecule has 0 spiro atoms. The highest BCUT2D eigenvalue weighted by Crippen LogP contribution is 2.11. The second kappa shape index (κ2) is 8.14. The number of benzene rings is 1. The standard InChI is InChI=1S/C15H14FN3O3S/c16-11-4-6-12(7-5-11)18-13(20)9-17-14(21)10-23-15-3-1-2-8-19(15)22/h1-8H,9-10H2,(H,17,21)(H,18,20). The number of nitrogens with one attached hydrogen (secondary N) is 2. The Balaban J connectivity index is 1.72. The molecule has 0 fully saturated rings. The van der Waals surface area contributed by atoms with Gasteiger partial charge in [0.1, 0.15) is 5.82 Å². The topological polar surface area (TPSA) is 85.1 Å². The van der Waals surface area contributed by atoms with Gasteiger partial charge in [0.25, 0.3) is 5.03 Å². The van der Waals surface area contributed by atoms with E-state index in [0.717, 1.165) is 11.8 Å². The van der Waals surface area contributed by atoms with Gasteiger partial charge >= 0.3 is 0 Å². The van der Waals surface area contributed by atoms with Crippen LogP contribution in [0, 0.1) is 11.0 Å². The van der Waals surface area contributed by atoms with Crippen LogP contribution in [0.5, 0.6) is 0 Å². The molecule has 6 nitrogen and oxygen atoms in total. The minimum absolute atomic E-state index is 0.0239. The SMILES string of the molecule is O=C(CSc1cccc[n+]1[O-])NCC(=O)Nc1ccc(F)cc1. The maximum Gasteiger partial charge on any atom is 0.251 e. The lowest BCUT2D eigenvalue weighted by Crippen LogP contribution is -2.34. The van der Waals surface area contributed by atoms with E-state index in [2.05, 4.69) is 10.6 Å². The number of thioether (sulfide) groups is 1. The fraction of sp³-hybridized carbons (Fsp3) is 0.133. The molecule has 0 aliphatic heterocycles. The molecular weight excluding hydrogens is 321 g/mol. The van der Waals surface area contributed by atoms with Crippen LogP contribution in [-0.4, -0.2) is 24.1 Å². The van der Waals surface area contributed by atoms with Gasteiger partial charge in [-0.2, -0.15) is 4.73 Å². The van der Waals surface area contributed by atoms with Gasteiger partial charge in [-0.3, -0.25) is 9.59 Å². The van der Waals surface area contributed by atoms with Crippen LogP contribution in [0.1, 0.15) is 0 Å². The van der Waals surface area contributed by atoms with Crippen molar-refractivity contribution < 1.29 is 18.7 Å². The van der Waals surface area contributed by atoms with Gasteiger partial charge in [-0.05, 0) is 42.1 Å². The van der Waals surface area contributed by atoms with Gasteiger partial charge in [0.15, 0.2) is 6.20 Å². The first kappa shape index (κ1) is 16.8. The van der Waals surface area contributed by atoms with Crippen LogP contribution in [-0.2, 0) is 9.59 Å². The Morgan fingerprint density at radius 2 is 1.87 bits per heavy atom. The van der Waals surface area contributed by atoms with Crippen LogP contribution in [0.25, 0.3) is 0 Å². The fourth-order valence-electron chi connectivity index (χ4n) is 1.63. The zero-order chi connectivity index (χ0) is 16.7. The third kappa shape index (κ3) is 5.59. The van der Waals surface area contributed by atoms with Gasteiger partial charge in [0.2, 0.25) is 11.8 Å². The number of nitrogens with zero attached hydrogens (tertiary/aromatic N) is 1. The van der Waals surface area contributed by atoms with Crippen molar-refractivity contribution in [2.45, 2.75) is 5.03 Å². The number of aromatic nitrogens is 1. The smallest absolute Gasteiger partial charge is 0.251 e. The molecule has 120 valence electrons. The zero-order valence-electron chi connectivity index (χ0n) is 12.0. The van der Waals surface area contributed by atoms with Crippen LogP contribution in [0.3, 0.4) is 0 Å². The molecule has 2 rings (SSSR count). The fourth-order valence-corrected chi connectivity index (χ4v) is 2.38. The highest BCUT2D eigenvalue weighted by Gasteiger charge is 2.10. The Labute approximate surface area is 136 Å². The lowest BCUT2D eigenvalue weighted by Gasteiger charge is -2.07. The summed E-state index contributed by atoms with van der Waals surface area (Å²) >= 11 is 1.08. The predicted molar refractivity (Wildman–Crippen MR) is 84.2 cm³/mol. The Bertz CT molecular complexity index is 695. The monoisotopic (exact) mass is 335 g/mol. The summed E-state index contributed by atoms with van der Waals surface area (Å²) in [6.45, 7) is -0.205. The van der Waals surface area contributed by atoms with E-state index in [9.17, 15) is 19.2 Å². The second-order valence-electron chi connectivity index (χ2n) is 4.49. The zero-order valence-corrected chi connectivity index (χ0v) is 12.8. The van der Waals surface area contributed by atoms with Crippen molar-refractivity contribution in [3.8, 4) is 0 Å². The van der Waals surface area contributed by atoms with Gasteiger partial charge in [0.05, 0.1) is 12.3 Å². The minimum Gasteiger partial charge on any atom is -0.618 e. The van der Waals surface area contributed by atoms with E-state index in [1.807, 2.05) is 0 Å². The summed E-state index contributed by atoms with van der Waals surface area (Å²) in [5.41, 5.74) is 0.441. The number of amides is 2. The van der Waals surface area contributed by atoms with E-state index < -0.39 is 11.7 Å². The lowest BCUT2D eigenvalue weighted by atomic mass is 10.3. The maximum atomic E-state index is 12.7. The molecule has 2 amide bonds. The molecule has 0 saturated heterocycles. The van der Waals surface area contributed by atoms with E-state index in [0.29, 0.717) is 15.4 Å². The highest BCUT2D eigenvalue weighted by molar-refractivity contribution is 7.99. The summed E-state index contributed by atoms with van der Waals surface area (Å²) in [4.78, 5) is 23.3. The number of anilines is 1. The Morgan fingerprint density at radius 3 is 2.57 bits per heavy atom. The number of carbonyl (C=O) groups excluding carboxylic acids is 2. The van der Waals surface area contributed by atoms with Crippen molar-refractivity contribution in [1.82, 2.24) is 5.32 Å². The molecule has 8 heteroatoms. The third-order valence-electron chi connectivity index (χ3n) is 2.71. The second-order valence-corrected chi connectivity index (χ2v) is 5.48. The van der Waals surface area contributed by atoms with Gasteiger partial charge in [-0.25, -0.2) is 4.39 Å². The first-order valence-electron chi connectivity index (χ1n) is 6.68. The number of hydrogen-bond donors (Lipinski definition) is 2. The van der Waals surface area contributed by atoms with E-state index in [-0.39, 0.29) is 18.2 Å². The molecular formula is C15H14FN3O3S. The number of hydrogen-bond acceptors (Lipinski definition) is 4. The van der Waals surface area contributed by atoms with Gasteiger partial charge in [-0.1, -0.05) is 0 Å². The Hall–Kier alpha value is -2.61. The molecule has 2 N–H and O–H groups in total. The van der Waals surface area contributed by atoms with Crippen molar-refractivity contribution in [3.05, 3.63) is 59.7 Å². The number of rotatable bonds is 6. The number of halogens is 1. The molecule has 0 aliphatic carbocycles. The molecule has 2 aromatic rings. The summed E-state index contributed by atoms with van der Waals surface area (Å²) in [6.07, 6.45) is 1.34. The van der Waals surface area contributed by atoms with Crippen LogP contribution in [0.4, 0.5) is 10.1 Å². The molecule has 0 unspecified atom stereocenters. The largest absolute Gasteiger partial charge is 0.618 e. The molecule has 1 heterocycles. The van der Waals surface area contributed by atoms with Crippen LogP contribution in [0.15, 0.2) is 53.7 Å². The molecule has 1 aromatic heterocycles. The average Bonchev–Trinajstić information content (AvgIpc) is 2.54. The molecule has 0 atom stereocenters. The molecule has 0 bridgehead atoms. The first-order valence-corrected chi connectivity index (χ1v) is 7.66. The van der Waals surface area contributed by atoms with Crippen LogP contribution < -0.4 is 15.4 Å². The van der Waals surface area contributed by atoms with Crippen molar-refractivity contribution >= 4 is 29.3 Å². The summed E-state index contributed by atoms with van der Waals surface area (Å²) < 4.78 is 13.4. The van der Waals surface area contributed by atoms with E-state index >= 15 is 0 Å². The van der Waals surface area contributed by atoms with E-state index in [1.165, 1.54) is 30.5 Å². The van der Waals surface area contributed by atoms with E-state index in [4.69, 9.17) is 0 Å². The summed E-state index contributed by atoms with van der Waals surface area (Å²) in [5, 5.41) is 16.8. The summed E-state index contributed by atoms with van der Waals surface area (Å²) in [6, 6.07) is 10.2. The summed E-state index contributed by atoms with van der Waals surface area (Å²) in [7, 11) is 0. The van der Waals surface area contributed by atoms with Crippen molar-refractivity contribution in [3.63, 3.8) is 0 Å². The van der Waals surface area contributed by atoms with Gasteiger partial charge in [-0.15, -0.1) is 0 Å². The number of pyridine rings is 1. The maximum absolute atomic E-state index is 12.7. The van der Waals surface area contributed by atoms with Gasteiger partial charge in [0, 0.05) is 17.8 Å². The normalized spacial score (nSPS) is 10.1. The van der Waals surface area contributed by atoms with Crippen LogP contribution in [0.2, 0.25) is 0 Å². The third-order valence-corrected chi connectivity index (χ3v) is 3.73. The first-order chi connectivity index (χ1) is 11.0. The molecule has 0 aliphatic rings. The minimum atomic E-state index is -0.423. The Morgan fingerprint density at radius 1 is 1.13 bits per heavy atom. The number of carbonyl (C=O) groups is 2. The van der Waals surface area contributed by atoms with Crippen LogP contribution >= 0.6 is 11.8 Å². The molecule has 1 aromatic carbocycles. The molecule has 0 radical (unpaired) electrons. The summed E-state index contributed by atoms with van der Waals surface area (Å²) in [5.74, 6) is -1.16. The quantitative estimate of drug-likeness (QED) is 0.473. The predicted octanol–water partition coefficient (Wildman–Crippen LogP) is 1.31. The van der Waals surface area contributed by atoms with Gasteiger partial charge < -0.3 is 15.8 Å². The van der Waals surface area contributed by atoms with Crippen molar-refractivity contribution in [2.24, 2.45) is 0 Å². The highest BCUT2D eigenvalue weighted by atomic mass is 32.2. The van der Waals surface area contributed by atoms with Crippen molar-refractivity contribution in [2.75, 3.05) is 17.6 Å². The Kier molecular flexibility index (Phi) is 5.93.